The largest absolute Gasteiger partial charge is 1.00 e. The standard InChI is InChI=1S/C6H7NO.Na.H/c7-4-3-6(8)5-1-2-5;;/h5H,1-3H2;;/q;+1;-1. The Balaban J connectivity index is 0. The molecule has 0 unspecified atom stereocenters. The molecule has 1 aliphatic rings. The summed E-state index contributed by atoms with van der Waals surface area (Å²) in [5, 5.41) is 8.04. The van der Waals surface area contributed by atoms with E-state index >= 15 is 0 Å². The smallest absolute Gasteiger partial charge is 1.00 e. The van der Waals surface area contributed by atoms with Crippen LogP contribution in [-0.4, -0.2) is 5.78 Å². The molecule has 0 aromatic heterocycles. The van der Waals surface area contributed by atoms with E-state index in [0.29, 0.717) is 0 Å². The summed E-state index contributed by atoms with van der Waals surface area (Å²) >= 11 is 0. The number of rotatable bonds is 2. The van der Waals surface area contributed by atoms with Gasteiger partial charge in [-0.05, 0) is 12.8 Å². The number of hydrogen-bond acceptors (Lipinski definition) is 2. The number of Topliss-reactive ketones (excluding diaryl/α,β-unsaturated/α-hetero) is 1. The van der Waals surface area contributed by atoms with Gasteiger partial charge in [0.2, 0.25) is 0 Å². The molecule has 3 heteroatoms. The van der Waals surface area contributed by atoms with Crippen molar-refractivity contribution in [3.63, 3.8) is 0 Å². The molecule has 1 fully saturated rings. The van der Waals surface area contributed by atoms with E-state index in [1.165, 1.54) is 0 Å². The minimum absolute atomic E-state index is 0. The van der Waals surface area contributed by atoms with Crippen molar-refractivity contribution >= 4 is 5.78 Å². The number of carbonyl (C=O) groups is 1. The van der Waals surface area contributed by atoms with E-state index < -0.39 is 0 Å². The molecule has 0 bridgehead atoms. The first kappa shape index (κ1) is 9.16. The van der Waals surface area contributed by atoms with Crippen molar-refractivity contribution < 1.29 is 35.8 Å². The molecule has 44 valence electrons. The maximum atomic E-state index is 10.6. The van der Waals surface area contributed by atoms with E-state index in [1.807, 2.05) is 6.07 Å². The average molecular weight is 133 g/mol. The summed E-state index contributed by atoms with van der Waals surface area (Å²) in [5.74, 6) is 0.391. The van der Waals surface area contributed by atoms with Crippen LogP contribution in [0.1, 0.15) is 20.7 Å². The molecule has 0 N–H and O–H groups in total. The molecule has 0 amide bonds. The molecule has 0 spiro atoms. The van der Waals surface area contributed by atoms with Crippen LogP contribution in [0.15, 0.2) is 0 Å². The van der Waals surface area contributed by atoms with Crippen molar-refractivity contribution in [1.29, 1.82) is 5.26 Å². The second-order valence-electron chi connectivity index (χ2n) is 2.08. The van der Waals surface area contributed by atoms with Crippen molar-refractivity contribution in [1.82, 2.24) is 0 Å². The van der Waals surface area contributed by atoms with Crippen molar-refractivity contribution in [2.24, 2.45) is 5.92 Å². The fourth-order valence-corrected chi connectivity index (χ4v) is 0.628. The van der Waals surface area contributed by atoms with E-state index in [-0.39, 0.29) is 49.1 Å². The van der Waals surface area contributed by atoms with Gasteiger partial charge in [0.1, 0.15) is 5.78 Å². The number of nitriles is 1. The Kier molecular flexibility index (Phi) is 4.12. The van der Waals surface area contributed by atoms with Crippen LogP contribution in [0, 0.1) is 17.2 Å². The van der Waals surface area contributed by atoms with Crippen molar-refractivity contribution in [2.75, 3.05) is 0 Å². The first-order chi connectivity index (χ1) is 3.84. The van der Waals surface area contributed by atoms with Crippen LogP contribution in [0.3, 0.4) is 0 Å². The van der Waals surface area contributed by atoms with Crippen LogP contribution in [0.5, 0.6) is 0 Å². The summed E-state index contributed by atoms with van der Waals surface area (Å²) in [6.07, 6.45) is 2.14. The first-order valence-electron chi connectivity index (χ1n) is 2.74. The maximum absolute atomic E-state index is 10.6. The summed E-state index contributed by atoms with van der Waals surface area (Å²) in [6.45, 7) is 0. The van der Waals surface area contributed by atoms with Gasteiger partial charge in [-0.25, -0.2) is 0 Å². The summed E-state index contributed by atoms with van der Waals surface area (Å²) in [6, 6.07) is 1.84. The third kappa shape index (κ3) is 3.00. The predicted molar refractivity (Wildman–Crippen MR) is 29.1 cm³/mol. The van der Waals surface area contributed by atoms with E-state index in [2.05, 4.69) is 0 Å². The summed E-state index contributed by atoms with van der Waals surface area (Å²) < 4.78 is 0. The van der Waals surface area contributed by atoms with E-state index in [4.69, 9.17) is 5.26 Å². The SMILES string of the molecule is N#CCC(=O)C1CC1.[H-].[Na+]. The number of carbonyl (C=O) groups excluding carboxylic acids is 1. The minimum Gasteiger partial charge on any atom is -1.00 e. The molecule has 2 nitrogen and oxygen atoms in total. The van der Waals surface area contributed by atoms with Crippen LogP contribution in [-0.2, 0) is 4.79 Å². The minimum atomic E-state index is 0. The molecule has 0 saturated heterocycles. The molecule has 0 aromatic rings. The maximum Gasteiger partial charge on any atom is 1.00 e. The quantitative estimate of drug-likeness (QED) is 0.409. The normalized spacial score (nSPS) is 15.4. The molecule has 0 aromatic carbocycles. The van der Waals surface area contributed by atoms with Crippen LogP contribution in [0.25, 0.3) is 0 Å². The number of nitrogens with zero attached hydrogens (tertiary/aromatic N) is 1. The van der Waals surface area contributed by atoms with Gasteiger partial charge in [-0.3, -0.25) is 4.79 Å². The molecule has 1 rings (SSSR count). The fraction of sp³-hybridized carbons (Fsp3) is 0.667. The molecule has 0 aliphatic heterocycles. The zero-order chi connectivity index (χ0) is 5.98. The van der Waals surface area contributed by atoms with Gasteiger partial charge in [0, 0.05) is 5.92 Å². The number of hydrogen-bond donors (Lipinski definition) is 0. The van der Waals surface area contributed by atoms with Gasteiger partial charge < -0.3 is 1.43 Å². The Bertz CT molecular complexity index is 150. The zero-order valence-electron chi connectivity index (χ0n) is 6.55. The molecule has 0 atom stereocenters. The van der Waals surface area contributed by atoms with Crippen LogP contribution < -0.4 is 29.6 Å². The molecular formula is C6H8NNaO. The average Bonchev–Trinajstić information content (AvgIpc) is 2.45. The van der Waals surface area contributed by atoms with Gasteiger partial charge in [0.15, 0.2) is 0 Å². The Morgan fingerprint density at radius 1 is 1.78 bits per heavy atom. The van der Waals surface area contributed by atoms with E-state index in [1.54, 1.807) is 0 Å². The molecule has 0 radical (unpaired) electrons. The Labute approximate surface area is 78.0 Å². The van der Waals surface area contributed by atoms with Crippen molar-refractivity contribution in [2.45, 2.75) is 19.3 Å². The third-order valence-corrected chi connectivity index (χ3v) is 1.29. The third-order valence-electron chi connectivity index (χ3n) is 1.29. The van der Waals surface area contributed by atoms with Crippen molar-refractivity contribution in [3.05, 3.63) is 0 Å². The summed E-state index contributed by atoms with van der Waals surface area (Å²) in [7, 11) is 0. The van der Waals surface area contributed by atoms with Crippen LogP contribution in [0.4, 0.5) is 0 Å². The Hall–Kier alpha value is 0.160. The van der Waals surface area contributed by atoms with Gasteiger partial charge in [-0.1, -0.05) is 0 Å². The van der Waals surface area contributed by atoms with Crippen molar-refractivity contribution in [3.8, 4) is 6.07 Å². The summed E-state index contributed by atoms with van der Waals surface area (Å²) in [5.41, 5.74) is 0. The van der Waals surface area contributed by atoms with Gasteiger partial charge in [-0.15, -0.1) is 0 Å². The van der Waals surface area contributed by atoms with E-state index in [0.717, 1.165) is 12.8 Å². The monoisotopic (exact) mass is 133 g/mol. The number of ketones is 1. The topological polar surface area (TPSA) is 40.9 Å². The molecule has 9 heavy (non-hydrogen) atoms. The molecule has 1 saturated carbocycles. The van der Waals surface area contributed by atoms with Crippen LogP contribution >= 0.6 is 0 Å². The zero-order valence-corrected chi connectivity index (χ0v) is 7.55. The van der Waals surface area contributed by atoms with Gasteiger partial charge in [0.05, 0.1) is 12.5 Å². The van der Waals surface area contributed by atoms with Gasteiger partial charge in [-0.2, -0.15) is 5.26 Å². The Morgan fingerprint density at radius 2 is 2.33 bits per heavy atom. The second kappa shape index (κ2) is 4.05. The molecular weight excluding hydrogens is 125 g/mol. The fourth-order valence-electron chi connectivity index (χ4n) is 0.628. The molecule has 0 heterocycles. The predicted octanol–water partition coefficient (Wildman–Crippen LogP) is -2.00. The summed E-state index contributed by atoms with van der Waals surface area (Å²) in [4.78, 5) is 10.6. The van der Waals surface area contributed by atoms with Gasteiger partial charge in [0.25, 0.3) is 0 Å². The molecule has 1 aliphatic carbocycles. The van der Waals surface area contributed by atoms with E-state index in [9.17, 15) is 4.79 Å². The van der Waals surface area contributed by atoms with Gasteiger partial charge >= 0.3 is 29.6 Å². The Morgan fingerprint density at radius 3 is 2.67 bits per heavy atom. The second-order valence-corrected chi connectivity index (χ2v) is 2.08. The van der Waals surface area contributed by atoms with Crippen LogP contribution in [0.2, 0.25) is 0 Å². The first-order valence-corrected chi connectivity index (χ1v) is 2.74.